The molecule has 1 aromatic carbocycles. The highest BCUT2D eigenvalue weighted by Gasteiger charge is 2.31. The Kier molecular flexibility index (Phi) is 4.16. The Hall–Kier alpha value is -2.95. The molecule has 5 nitrogen and oxygen atoms in total. The molecule has 0 aliphatic heterocycles. The molecule has 5 heteroatoms. The summed E-state index contributed by atoms with van der Waals surface area (Å²) in [6, 6.07) is 8.67. The molecule has 0 amide bonds. The summed E-state index contributed by atoms with van der Waals surface area (Å²) >= 11 is 0. The van der Waals surface area contributed by atoms with Crippen LogP contribution in [0.15, 0.2) is 47.7 Å². The molecule has 0 spiro atoms. The van der Waals surface area contributed by atoms with Crippen molar-refractivity contribution in [2.24, 2.45) is 0 Å². The molecule has 0 unspecified atom stereocenters. The van der Waals surface area contributed by atoms with Crippen molar-refractivity contribution in [2.45, 2.75) is 13.3 Å². The molecule has 1 aliphatic carbocycles. The minimum atomic E-state index is -0.215. The van der Waals surface area contributed by atoms with Crippen LogP contribution in [0.25, 0.3) is 0 Å². The number of allylic oxidation sites excluding steroid dienone is 2. The molecule has 2 aromatic rings. The van der Waals surface area contributed by atoms with Crippen LogP contribution in [-0.4, -0.2) is 30.8 Å². The number of aromatic nitrogens is 1. The number of fused-ring (bicyclic) bond motifs is 1. The Morgan fingerprint density at radius 1 is 1.04 bits per heavy atom. The molecule has 1 aliphatic rings. The van der Waals surface area contributed by atoms with Gasteiger partial charge in [0, 0.05) is 29.3 Å². The summed E-state index contributed by atoms with van der Waals surface area (Å²) in [6.45, 7) is 1.68. The van der Waals surface area contributed by atoms with Crippen molar-refractivity contribution in [3.63, 3.8) is 0 Å². The van der Waals surface area contributed by atoms with Crippen molar-refractivity contribution in [1.82, 2.24) is 4.98 Å². The van der Waals surface area contributed by atoms with Crippen molar-refractivity contribution in [3.8, 4) is 11.5 Å². The third kappa shape index (κ3) is 2.58. The Balaban J connectivity index is 2.06. The molecular formula is C19H17NO4. The fraction of sp³-hybridized carbons (Fsp3) is 0.211. The standard InChI is InChI=1S/C19H17NO4/c1-11-15(10-12-9-13(23-2)6-7-16(12)24-3)19(22)17-14(18(11)21)5-4-8-20-17/h4-9H,10H2,1-3H3. The van der Waals surface area contributed by atoms with Crippen LogP contribution in [0.3, 0.4) is 0 Å². The predicted molar refractivity (Wildman–Crippen MR) is 88.8 cm³/mol. The first kappa shape index (κ1) is 15.9. The second-order valence-electron chi connectivity index (χ2n) is 5.52. The van der Waals surface area contributed by atoms with Gasteiger partial charge in [-0.15, -0.1) is 0 Å². The number of ether oxygens (including phenoxy) is 2. The van der Waals surface area contributed by atoms with Gasteiger partial charge in [-0.05, 0) is 37.3 Å². The maximum atomic E-state index is 12.8. The molecule has 1 heterocycles. The van der Waals surface area contributed by atoms with Gasteiger partial charge >= 0.3 is 0 Å². The lowest BCUT2D eigenvalue weighted by Gasteiger charge is -2.19. The van der Waals surface area contributed by atoms with Crippen molar-refractivity contribution < 1.29 is 19.1 Å². The summed E-state index contributed by atoms with van der Waals surface area (Å²) < 4.78 is 10.6. The minimum Gasteiger partial charge on any atom is -0.497 e. The van der Waals surface area contributed by atoms with E-state index in [1.54, 1.807) is 45.4 Å². The minimum absolute atomic E-state index is 0.158. The smallest absolute Gasteiger partial charge is 0.208 e. The summed E-state index contributed by atoms with van der Waals surface area (Å²) in [7, 11) is 3.14. The van der Waals surface area contributed by atoms with Crippen LogP contribution < -0.4 is 9.47 Å². The lowest BCUT2D eigenvalue weighted by Crippen LogP contribution is -2.23. The van der Waals surface area contributed by atoms with Crippen molar-refractivity contribution in [1.29, 1.82) is 0 Å². The molecule has 0 bridgehead atoms. The van der Waals surface area contributed by atoms with Crippen LogP contribution >= 0.6 is 0 Å². The molecule has 0 fully saturated rings. The molecule has 0 saturated heterocycles. The lowest BCUT2D eigenvalue weighted by atomic mass is 9.84. The van der Waals surface area contributed by atoms with Gasteiger partial charge in [-0.25, -0.2) is 0 Å². The quantitative estimate of drug-likeness (QED) is 0.865. The lowest BCUT2D eigenvalue weighted by molar-refractivity contribution is 0.0969. The number of carbonyl (C=O) groups excluding carboxylic acids is 2. The van der Waals surface area contributed by atoms with Gasteiger partial charge in [0.1, 0.15) is 17.2 Å². The van der Waals surface area contributed by atoms with E-state index in [0.717, 1.165) is 5.56 Å². The van der Waals surface area contributed by atoms with Gasteiger partial charge < -0.3 is 9.47 Å². The maximum Gasteiger partial charge on any atom is 0.208 e. The zero-order valence-corrected chi connectivity index (χ0v) is 13.8. The van der Waals surface area contributed by atoms with E-state index in [4.69, 9.17) is 9.47 Å². The van der Waals surface area contributed by atoms with Crippen molar-refractivity contribution in [2.75, 3.05) is 14.2 Å². The Morgan fingerprint density at radius 3 is 2.54 bits per heavy atom. The van der Waals surface area contributed by atoms with E-state index < -0.39 is 0 Å². The number of methoxy groups -OCH3 is 2. The molecule has 0 saturated carbocycles. The van der Waals surface area contributed by atoms with Crippen LogP contribution in [0.1, 0.15) is 33.3 Å². The zero-order chi connectivity index (χ0) is 17.3. The van der Waals surface area contributed by atoms with Crippen LogP contribution in [0.4, 0.5) is 0 Å². The number of carbonyl (C=O) groups is 2. The van der Waals surface area contributed by atoms with E-state index in [2.05, 4.69) is 4.98 Å². The van der Waals surface area contributed by atoms with Gasteiger partial charge in [0.2, 0.25) is 5.78 Å². The van der Waals surface area contributed by atoms with E-state index in [-0.39, 0.29) is 23.7 Å². The molecule has 1 aromatic heterocycles. The van der Waals surface area contributed by atoms with Crippen LogP contribution in [0.2, 0.25) is 0 Å². The number of ketones is 2. The fourth-order valence-corrected chi connectivity index (χ4v) is 2.85. The van der Waals surface area contributed by atoms with Gasteiger partial charge in [-0.2, -0.15) is 0 Å². The largest absolute Gasteiger partial charge is 0.497 e. The Morgan fingerprint density at radius 2 is 1.83 bits per heavy atom. The SMILES string of the molecule is COc1ccc(OC)c(CC2=C(C)C(=O)c3cccnc3C2=O)c1. The van der Waals surface area contributed by atoms with Crippen LogP contribution in [-0.2, 0) is 6.42 Å². The van der Waals surface area contributed by atoms with Crippen molar-refractivity contribution >= 4 is 11.6 Å². The first-order valence-corrected chi connectivity index (χ1v) is 7.52. The van der Waals surface area contributed by atoms with E-state index in [1.807, 2.05) is 6.07 Å². The highest BCUT2D eigenvalue weighted by atomic mass is 16.5. The number of pyridine rings is 1. The summed E-state index contributed by atoms with van der Waals surface area (Å²) in [6.07, 6.45) is 1.81. The molecule has 122 valence electrons. The van der Waals surface area contributed by atoms with Crippen LogP contribution in [0.5, 0.6) is 11.5 Å². The van der Waals surface area contributed by atoms with Gasteiger partial charge in [0.05, 0.1) is 19.8 Å². The van der Waals surface area contributed by atoms with Crippen LogP contribution in [0, 0.1) is 0 Å². The van der Waals surface area contributed by atoms with Gasteiger partial charge in [0.25, 0.3) is 0 Å². The molecular weight excluding hydrogens is 306 g/mol. The number of rotatable bonds is 4. The van der Waals surface area contributed by atoms with Gasteiger partial charge in [-0.1, -0.05) is 0 Å². The molecule has 0 atom stereocenters. The third-order valence-corrected chi connectivity index (χ3v) is 4.19. The second-order valence-corrected chi connectivity index (χ2v) is 5.52. The number of hydrogen-bond acceptors (Lipinski definition) is 5. The first-order valence-electron chi connectivity index (χ1n) is 7.52. The average Bonchev–Trinajstić information content (AvgIpc) is 2.63. The molecule has 24 heavy (non-hydrogen) atoms. The highest BCUT2D eigenvalue weighted by molar-refractivity contribution is 6.26. The van der Waals surface area contributed by atoms with E-state index in [0.29, 0.717) is 28.2 Å². The normalized spacial score (nSPS) is 13.8. The summed E-state index contributed by atoms with van der Waals surface area (Å²) in [4.78, 5) is 29.4. The number of Topliss-reactive ketones (excluding diaryl/α,β-unsaturated/α-hetero) is 2. The fourth-order valence-electron chi connectivity index (χ4n) is 2.85. The Labute approximate surface area is 139 Å². The predicted octanol–water partition coefficient (Wildman–Crippen LogP) is 3.04. The van der Waals surface area contributed by atoms with Crippen molar-refractivity contribution in [3.05, 3.63) is 64.5 Å². The highest BCUT2D eigenvalue weighted by Crippen LogP contribution is 2.31. The van der Waals surface area contributed by atoms with Gasteiger partial charge in [-0.3, -0.25) is 14.6 Å². The molecule has 3 rings (SSSR count). The number of benzene rings is 1. The maximum absolute atomic E-state index is 12.8. The zero-order valence-electron chi connectivity index (χ0n) is 13.8. The Bertz CT molecular complexity index is 867. The number of hydrogen-bond donors (Lipinski definition) is 0. The van der Waals surface area contributed by atoms with E-state index >= 15 is 0 Å². The molecule has 0 N–H and O–H groups in total. The monoisotopic (exact) mass is 323 g/mol. The topological polar surface area (TPSA) is 65.5 Å². The number of nitrogens with zero attached hydrogens (tertiary/aromatic N) is 1. The summed E-state index contributed by atoms with van der Waals surface area (Å²) in [5.74, 6) is 0.933. The molecule has 0 radical (unpaired) electrons. The average molecular weight is 323 g/mol. The van der Waals surface area contributed by atoms with E-state index in [1.165, 1.54) is 6.20 Å². The third-order valence-electron chi connectivity index (χ3n) is 4.19. The summed E-state index contributed by atoms with van der Waals surface area (Å²) in [5.41, 5.74) is 2.25. The second kappa shape index (κ2) is 6.28. The summed E-state index contributed by atoms with van der Waals surface area (Å²) in [5, 5.41) is 0. The van der Waals surface area contributed by atoms with Gasteiger partial charge in [0.15, 0.2) is 5.78 Å². The first-order chi connectivity index (χ1) is 11.6. The van der Waals surface area contributed by atoms with E-state index in [9.17, 15) is 9.59 Å².